The molecule has 3 heteroatoms. The van der Waals surface area contributed by atoms with Gasteiger partial charge in [0.1, 0.15) is 11.6 Å². The molecule has 3 atom stereocenters. The fourth-order valence-corrected chi connectivity index (χ4v) is 3.66. The van der Waals surface area contributed by atoms with Crippen molar-refractivity contribution in [3.8, 4) is 5.75 Å². The maximum absolute atomic E-state index is 13.8. The first kappa shape index (κ1) is 16.3. The van der Waals surface area contributed by atoms with Crippen molar-refractivity contribution in [2.75, 3.05) is 0 Å². The SMILES string of the molecule is Cc1cc(OC2CC(C)CC(C)(C)C2)c(C(C)N)cc1F. The molecule has 0 heterocycles. The van der Waals surface area contributed by atoms with Crippen molar-refractivity contribution in [1.82, 2.24) is 0 Å². The minimum Gasteiger partial charge on any atom is -0.490 e. The van der Waals surface area contributed by atoms with E-state index < -0.39 is 0 Å². The Morgan fingerprint density at radius 3 is 2.57 bits per heavy atom. The fourth-order valence-electron chi connectivity index (χ4n) is 3.66. The zero-order valence-corrected chi connectivity index (χ0v) is 13.9. The van der Waals surface area contributed by atoms with E-state index in [1.807, 2.05) is 6.92 Å². The fraction of sp³-hybridized carbons (Fsp3) is 0.667. The van der Waals surface area contributed by atoms with Gasteiger partial charge in [0, 0.05) is 11.6 Å². The third-order valence-electron chi connectivity index (χ3n) is 4.42. The molecule has 1 aromatic rings. The van der Waals surface area contributed by atoms with E-state index in [1.165, 1.54) is 12.5 Å². The van der Waals surface area contributed by atoms with Crippen LogP contribution in [-0.4, -0.2) is 6.10 Å². The minimum absolute atomic E-state index is 0.186. The van der Waals surface area contributed by atoms with E-state index >= 15 is 0 Å². The van der Waals surface area contributed by atoms with Gasteiger partial charge in [-0.25, -0.2) is 4.39 Å². The van der Waals surface area contributed by atoms with Crippen molar-refractivity contribution in [3.05, 3.63) is 29.1 Å². The number of aryl methyl sites for hydroxylation is 1. The van der Waals surface area contributed by atoms with Gasteiger partial charge in [0.05, 0.1) is 6.10 Å². The van der Waals surface area contributed by atoms with Crippen LogP contribution in [0.15, 0.2) is 12.1 Å². The molecule has 0 amide bonds. The normalized spacial score (nSPS) is 26.4. The molecule has 2 rings (SSSR count). The second kappa shape index (κ2) is 5.96. The smallest absolute Gasteiger partial charge is 0.126 e. The first-order valence-electron chi connectivity index (χ1n) is 7.90. The summed E-state index contributed by atoms with van der Waals surface area (Å²) in [5.41, 5.74) is 7.64. The second-order valence-corrected chi connectivity index (χ2v) is 7.58. The summed E-state index contributed by atoms with van der Waals surface area (Å²) in [5, 5.41) is 0. The quantitative estimate of drug-likeness (QED) is 0.873. The average molecular weight is 293 g/mol. The molecule has 3 unspecified atom stereocenters. The first-order chi connectivity index (χ1) is 9.68. The van der Waals surface area contributed by atoms with Crippen LogP contribution in [0.2, 0.25) is 0 Å². The van der Waals surface area contributed by atoms with E-state index in [0.717, 1.165) is 24.2 Å². The Labute approximate surface area is 127 Å². The summed E-state index contributed by atoms with van der Waals surface area (Å²) < 4.78 is 20.0. The molecule has 1 saturated carbocycles. The molecule has 0 saturated heterocycles. The molecule has 2 N–H and O–H groups in total. The van der Waals surface area contributed by atoms with Crippen LogP contribution in [0.1, 0.15) is 64.1 Å². The Bertz CT molecular complexity index is 510. The van der Waals surface area contributed by atoms with Gasteiger partial charge in [-0.2, -0.15) is 0 Å². The summed E-state index contributed by atoms with van der Waals surface area (Å²) in [6.07, 6.45) is 3.51. The minimum atomic E-state index is -0.232. The summed E-state index contributed by atoms with van der Waals surface area (Å²) in [7, 11) is 0. The van der Waals surface area contributed by atoms with E-state index in [0.29, 0.717) is 16.9 Å². The van der Waals surface area contributed by atoms with Gasteiger partial charge in [-0.3, -0.25) is 0 Å². The standard InChI is InChI=1S/C18H28FNO/c1-11-6-14(10-18(4,5)9-11)21-17-7-12(2)16(19)8-15(17)13(3)20/h7-8,11,13-14H,6,9-10,20H2,1-5H3. The number of ether oxygens (including phenoxy) is 1. The molecule has 2 nitrogen and oxygen atoms in total. The van der Waals surface area contributed by atoms with Crippen LogP contribution >= 0.6 is 0 Å². The van der Waals surface area contributed by atoms with Gasteiger partial charge in [0.2, 0.25) is 0 Å². The van der Waals surface area contributed by atoms with E-state index in [2.05, 4.69) is 20.8 Å². The molecule has 1 aliphatic carbocycles. The van der Waals surface area contributed by atoms with Crippen molar-refractivity contribution in [1.29, 1.82) is 0 Å². The molecular weight excluding hydrogens is 265 g/mol. The molecule has 21 heavy (non-hydrogen) atoms. The largest absolute Gasteiger partial charge is 0.490 e. The number of rotatable bonds is 3. The molecule has 0 aromatic heterocycles. The predicted molar refractivity (Wildman–Crippen MR) is 85.0 cm³/mol. The summed E-state index contributed by atoms with van der Waals surface area (Å²) in [6.45, 7) is 10.5. The molecule has 0 radical (unpaired) electrons. The van der Waals surface area contributed by atoms with Crippen molar-refractivity contribution in [3.63, 3.8) is 0 Å². The van der Waals surface area contributed by atoms with Crippen LogP contribution < -0.4 is 10.5 Å². The third kappa shape index (κ3) is 3.97. The Balaban J connectivity index is 2.24. The number of hydrogen-bond donors (Lipinski definition) is 1. The lowest BCUT2D eigenvalue weighted by atomic mass is 9.71. The molecule has 1 aromatic carbocycles. The first-order valence-corrected chi connectivity index (χ1v) is 7.90. The molecule has 0 aliphatic heterocycles. The molecule has 0 spiro atoms. The van der Waals surface area contributed by atoms with Gasteiger partial charge in [0.25, 0.3) is 0 Å². The van der Waals surface area contributed by atoms with Crippen LogP contribution in [0.25, 0.3) is 0 Å². The van der Waals surface area contributed by atoms with E-state index in [-0.39, 0.29) is 18.0 Å². The summed E-state index contributed by atoms with van der Waals surface area (Å²) in [4.78, 5) is 0. The van der Waals surface area contributed by atoms with Crippen LogP contribution in [0.4, 0.5) is 4.39 Å². The summed E-state index contributed by atoms with van der Waals surface area (Å²) in [6, 6.07) is 3.08. The zero-order chi connectivity index (χ0) is 15.8. The highest BCUT2D eigenvalue weighted by Gasteiger charge is 2.33. The van der Waals surface area contributed by atoms with Gasteiger partial charge in [0.15, 0.2) is 0 Å². The topological polar surface area (TPSA) is 35.2 Å². The lowest BCUT2D eigenvalue weighted by Crippen LogP contribution is -2.34. The molecule has 1 aliphatic rings. The van der Waals surface area contributed by atoms with E-state index in [1.54, 1.807) is 13.0 Å². The highest BCUT2D eigenvalue weighted by Crippen LogP contribution is 2.41. The van der Waals surface area contributed by atoms with Crippen LogP contribution in [0, 0.1) is 24.1 Å². The second-order valence-electron chi connectivity index (χ2n) is 7.58. The number of hydrogen-bond acceptors (Lipinski definition) is 2. The monoisotopic (exact) mass is 293 g/mol. The highest BCUT2D eigenvalue weighted by molar-refractivity contribution is 5.40. The van der Waals surface area contributed by atoms with E-state index in [4.69, 9.17) is 10.5 Å². The maximum Gasteiger partial charge on any atom is 0.126 e. The van der Waals surface area contributed by atoms with Crippen LogP contribution in [0.5, 0.6) is 5.75 Å². The Morgan fingerprint density at radius 1 is 1.33 bits per heavy atom. The Morgan fingerprint density at radius 2 is 2.00 bits per heavy atom. The van der Waals surface area contributed by atoms with Crippen molar-refractivity contribution < 1.29 is 9.13 Å². The van der Waals surface area contributed by atoms with Gasteiger partial charge >= 0.3 is 0 Å². The summed E-state index contributed by atoms with van der Waals surface area (Å²) >= 11 is 0. The lowest BCUT2D eigenvalue weighted by Gasteiger charge is -2.39. The van der Waals surface area contributed by atoms with Gasteiger partial charge in [-0.15, -0.1) is 0 Å². The molecular formula is C18H28FNO. The molecule has 1 fully saturated rings. The van der Waals surface area contributed by atoms with Gasteiger partial charge in [-0.1, -0.05) is 20.8 Å². The zero-order valence-electron chi connectivity index (χ0n) is 13.9. The predicted octanol–water partition coefficient (Wildman–Crippen LogP) is 4.75. The molecule has 118 valence electrons. The summed E-state index contributed by atoms with van der Waals surface area (Å²) in [5.74, 6) is 1.19. The van der Waals surface area contributed by atoms with Crippen molar-refractivity contribution in [2.24, 2.45) is 17.1 Å². The van der Waals surface area contributed by atoms with Crippen molar-refractivity contribution in [2.45, 2.75) is 66.0 Å². The highest BCUT2D eigenvalue weighted by atomic mass is 19.1. The maximum atomic E-state index is 13.8. The number of benzene rings is 1. The Kier molecular flexibility index (Phi) is 4.62. The average Bonchev–Trinajstić information content (AvgIpc) is 2.30. The lowest BCUT2D eigenvalue weighted by molar-refractivity contribution is 0.0553. The van der Waals surface area contributed by atoms with Gasteiger partial charge < -0.3 is 10.5 Å². The Hall–Kier alpha value is -1.09. The van der Waals surface area contributed by atoms with Crippen LogP contribution in [-0.2, 0) is 0 Å². The number of halogens is 1. The third-order valence-corrected chi connectivity index (χ3v) is 4.42. The van der Waals surface area contributed by atoms with Crippen molar-refractivity contribution >= 4 is 0 Å². The molecule has 0 bridgehead atoms. The van der Waals surface area contributed by atoms with E-state index in [9.17, 15) is 4.39 Å². The number of nitrogens with two attached hydrogens (primary N) is 1. The van der Waals surface area contributed by atoms with Gasteiger partial charge in [-0.05, 0) is 62.1 Å². The van der Waals surface area contributed by atoms with Crippen LogP contribution in [0.3, 0.4) is 0 Å².